The highest BCUT2D eigenvalue weighted by Gasteiger charge is 2.16. The van der Waals surface area contributed by atoms with Gasteiger partial charge in [0.1, 0.15) is 0 Å². The van der Waals surface area contributed by atoms with E-state index in [1.165, 1.54) is 26.4 Å². The van der Waals surface area contributed by atoms with E-state index in [-0.39, 0.29) is 5.75 Å². The average molecular weight is 251 g/mol. The number of aromatic hydroxyl groups is 1. The number of piperidine rings is 1. The molecule has 1 unspecified atom stereocenters. The van der Waals surface area contributed by atoms with E-state index in [0.29, 0.717) is 17.5 Å². The molecule has 1 heterocycles. The lowest BCUT2D eigenvalue weighted by molar-refractivity contribution is 0.331. The molecule has 0 saturated carbocycles. The molecule has 1 aliphatic rings. The predicted octanol–water partition coefficient (Wildman–Crippen LogP) is 2.09. The second-order valence-corrected chi connectivity index (χ2v) is 4.70. The van der Waals surface area contributed by atoms with Gasteiger partial charge in [-0.25, -0.2) is 0 Å². The maximum Gasteiger partial charge on any atom is 0.203 e. The summed E-state index contributed by atoms with van der Waals surface area (Å²) in [5.41, 5.74) is 1.07. The predicted molar refractivity (Wildman–Crippen MR) is 70.6 cm³/mol. The van der Waals surface area contributed by atoms with Gasteiger partial charge in [0, 0.05) is 6.04 Å². The maximum atomic E-state index is 9.91. The monoisotopic (exact) mass is 251 g/mol. The van der Waals surface area contributed by atoms with Crippen LogP contribution in [0.5, 0.6) is 17.2 Å². The minimum Gasteiger partial charge on any atom is -0.504 e. The standard InChI is InChI=1S/C14H21NO3/c1-17-13-9-10(8-12(16)14(13)18-2)7-11-5-3-4-6-15-11/h8-9,11,15-16H,3-7H2,1-2H3. The first kappa shape index (κ1) is 13.0. The van der Waals surface area contributed by atoms with Gasteiger partial charge in [-0.1, -0.05) is 6.42 Å². The molecular weight excluding hydrogens is 230 g/mol. The van der Waals surface area contributed by atoms with Crippen molar-refractivity contribution in [3.05, 3.63) is 17.7 Å². The second kappa shape index (κ2) is 5.96. The largest absolute Gasteiger partial charge is 0.504 e. The zero-order valence-corrected chi connectivity index (χ0v) is 11.0. The van der Waals surface area contributed by atoms with Gasteiger partial charge in [-0.15, -0.1) is 0 Å². The van der Waals surface area contributed by atoms with Gasteiger partial charge in [-0.05, 0) is 43.5 Å². The van der Waals surface area contributed by atoms with Gasteiger partial charge in [0.25, 0.3) is 0 Å². The van der Waals surface area contributed by atoms with Crippen LogP contribution in [-0.4, -0.2) is 31.9 Å². The lowest BCUT2D eigenvalue weighted by Gasteiger charge is -2.24. The number of hydrogen-bond donors (Lipinski definition) is 2. The molecule has 2 N–H and O–H groups in total. The lowest BCUT2D eigenvalue weighted by atomic mass is 9.97. The summed E-state index contributed by atoms with van der Waals surface area (Å²) >= 11 is 0. The third-order valence-corrected chi connectivity index (χ3v) is 3.41. The van der Waals surface area contributed by atoms with Crippen LogP contribution in [0.3, 0.4) is 0 Å². The van der Waals surface area contributed by atoms with Crippen LogP contribution in [0, 0.1) is 0 Å². The molecule has 4 heteroatoms. The van der Waals surface area contributed by atoms with Crippen molar-refractivity contribution in [2.24, 2.45) is 0 Å². The maximum absolute atomic E-state index is 9.91. The van der Waals surface area contributed by atoms with E-state index in [1.807, 2.05) is 6.07 Å². The van der Waals surface area contributed by atoms with E-state index in [2.05, 4.69) is 5.32 Å². The molecule has 0 radical (unpaired) electrons. The highest BCUT2D eigenvalue weighted by molar-refractivity contribution is 5.53. The SMILES string of the molecule is COc1cc(CC2CCCCN2)cc(O)c1OC. The Morgan fingerprint density at radius 3 is 2.72 bits per heavy atom. The van der Waals surface area contributed by atoms with E-state index in [4.69, 9.17) is 9.47 Å². The van der Waals surface area contributed by atoms with Crippen LogP contribution in [0.15, 0.2) is 12.1 Å². The zero-order valence-electron chi connectivity index (χ0n) is 11.0. The van der Waals surface area contributed by atoms with E-state index in [9.17, 15) is 5.11 Å². The Labute approximate surface area is 108 Å². The molecule has 4 nitrogen and oxygen atoms in total. The van der Waals surface area contributed by atoms with Crippen LogP contribution >= 0.6 is 0 Å². The molecule has 1 aromatic rings. The molecule has 1 atom stereocenters. The van der Waals surface area contributed by atoms with Gasteiger partial charge in [0.2, 0.25) is 5.75 Å². The van der Waals surface area contributed by atoms with Crippen LogP contribution in [0.25, 0.3) is 0 Å². The highest BCUT2D eigenvalue weighted by Crippen LogP contribution is 2.37. The number of phenolic OH excluding ortho intramolecular Hbond substituents is 1. The lowest BCUT2D eigenvalue weighted by Crippen LogP contribution is -2.35. The van der Waals surface area contributed by atoms with E-state index in [0.717, 1.165) is 18.5 Å². The first-order valence-corrected chi connectivity index (χ1v) is 6.42. The van der Waals surface area contributed by atoms with Crippen molar-refractivity contribution in [3.8, 4) is 17.2 Å². The number of methoxy groups -OCH3 is 2. The number of ether oxygens (including phenoxy) is 2. The molecule has 0 amide bonds. The second-order valence-electron chi connectivity index (χ2n) is 4.70. The van der Waals surface area contributed by atoms with Crippen molar-refractivity contribution < 1.29 is 14.6 Å². The minimum absolute atomic E-state index is 0.141. The van der Waals surface area contributed by atoms with Gasteiger partial charge in [-0.2, -0.15) is 0 Å². The third kappa shape index (κ3) is 2.88. The molecule has 1 fully saturated rings. The Balaban J connectivity index is 2.15. The molecule has 1 aliphatic heterocycles. The van der Waals surface area contributed by atoms with Crippen molar-refractivity contribution >= 4 is 0 Å². The summed E-state index contributed by atoms with van der Waals surface area (Å²) in [6, 6.07) is 4.20. The van der Waals surface area contributed by atoms with Gasteiger partial charge in [-0.3, -0.25) is 0 Å². The van der Waals surface area contributed by atoms with Crippen LogP contribution < -0.4 is 14.8 Å². The number of benzene rings is 1. The summed E-state index contributed by atoms with van der Waals surface area (Å²) in [6.45, 7) is 1.09. The quantitative estimate of drug-likeness (QED) is 0.860. The fourth-order valence-corrected chi connectivity index (χ4v) is 2.50. The fraction of sp³-hybridized carbons (Fsp3) is 0.571. The zero-order chi connectivity index (χ0) is 13.0. The molecule has 1 saturated heterocycles. The fourth-order valence-electron chi connectivity index (χ4n) is 2.50. The van der Waals surface area contributed by atoms with Crippen molar-refractivity contribution in [2.75, 3.05) is 20.8 Å². The summed E-state index contributed by atoms with van der Waals surface area (Å²) in [4.78, 5) is 0. The van der Waals surface area contributed by atoms with E-state index < -0.39 is 0 Å². The molecule has 0 bridgehead atoms. The van der Waals surface area contributed by atoms with E-state index in [1.54, 1.807) is 13.2 Å². The van der Waals surface area contributed by atoms with Crippen LogP contribution in [0.1, 0.15) is 24.8 Å². The molecule has 0 aliphatic carbocycles. The summed E-state index contributed by atoms with van der Waals surface area (Å²) in [5.74, 6) is 1.13. The Kier molecular flexibility index (Phi) is 4.31. The molecule has 1 aromatic carbocycles. The Hall–Kier alpha value is -1.42. The molecule has 0 spiro atoms. The minimum atomic E-state index is 0.141. The summed E-state index contributed by atoms with van der Waals surface area (Å²) in [6.07, 6.45) is 4.63. The van der Waals surface area contributed by atoms with Gasteiger partial charge < -0.3 is 19.9 Å². The average Bonchev–Trinajstić information content (AvgIpc) is 2.39. The van der Waals surface area contributed by atoms with Crippen molar-refractivity contribution in [2.45, 2.75) is 31.7 Å². The van der Waals surface area contributed by atoms with E-state index >= 15 is 0 Å². The molecular formula is C14H21NO3. The van der Waals surface area contributed by atoms with Crippen molar-refractivity contribution in [1.29, 1.82) is 0 Å². The number of nitrogens with one attached hydrogen (secondary N) is 1. The number of hydrogen-bond acceptors (Lipinski definition) is 4. The van der Waals surface area contributed by atoms with Crippen molar-refractivity contribution in [1.82, 2.24) is 5.32 Å². The van der Waals surface area contributed by atoms with Crippen molar-refractivity contribution in [3.63, 3.8) is 0 Å². The van der Waals surface area contributed by atoms with Crippen LogP contribution in [-0.2, 0) is 6.42 Å². The smallest absolute Gasteiger partial charge is 0.203 e. The normalized spacial score (nSPS) is 19.6. The van der Waals surface area contributed by atoms with Gasteiger partial charge in [0.15, 0.2) is 11.5 Å². The Morgan fingerprint density at radius 2 is 2.11 bits per heavy atom. The van der Waals surface area contributed by atoms with Gasteiger partial charge in [0.05, 0.1) is 14.2 Å². The number of phenols is 1. The summed E-state index contributed by atoms with van der Waals surface area (Å²) in [7, 11) is 3.11. The Morgan fingerprint density at radius 1 is 1.28 bits per heavy atom. The summed E-state index contributed by atoms with van der Waals surface area (Å²) in [5, 5.41) is 13.4. The van der Waals surface area contributed by atoms with Crippen LogP contribution in [0.4, 0.5) is 0 Å². The first-order chi connectivity index (χ1) is 8.74. The Bertz CT molecular complexity index is 400. The summed E-state index contributed by atoms with van der Waals surface area (Å²) < 4.78 is 10.4. The molecule has 0 aromatic heterocycles. The molecule has 2 rings (SSSR count). The molecule has 18 heavy (non-hydrogen) atoms. The number of rotatable bonds is 4. The topological polar surface area (TPSA) is 50.7 Å². The molecule has 100 valence electrons. The third-order valence-electron chi connectivity index (χ3n) is 3.41. The van der Waals surface area contributed by atoms with Gasteiger partial charge >= 0.3 is 0 Å². The highest BCUT2D eigenvalue weighted by atomic mass is 16.5. The first-order valence-electron chi connectivity index (χ1n) is 6.42. The van der Waals surface area contributed by atoms with Crippen LogP contribution in [0.2, 0.25) is 0 Å².